The number of fused-ring (bicyclic) bond motifs is 1. The van der Waals surface area contributed by atoms with Gasteiger partial charge in [0, 0.05) is 49.2 Å². The maximum Gasteiger partial charge on any atom is 0.213 e. The molecule has 104 valence electrons. The van der Waals surface area contributed by atoms with Crippen molar-refractivity contribution < 1.29 is 4.39 Å². The van der Waals surface area contributed by atoms with E-state index in [1.165, 1.54) is 17.3 Å². The van der Waals surface area contributed by atoms with Crippen LogP contribution in [0.5, 0.6) is 0 Å². The molecule has 0 bridgehead atoms. The molecule has 0 saturated carbocycles. The first-order chi connectivity index (χ1) is 9.61. The predicted molar refractivity (Wildman–Crippen MR) is 76.2 cm³/mol. The molecule has 0 fully saturated rings. The fraction of sp³-hybridized carbons (Fsp3) is 0.357. The lowest BCUT2D eigenvalue weighted by Gasteiger charge is -2.28. The van der Waals surface area contributed by atoms with E-state index in [0.29, 0.717) is 4.77 Å². The zero-order valence-corrected chi connectivity index (χ0v) is 12.0. The van der Waals surface area contributed by atoms with Crippen molar-refractivity contribution in [3.05, 3.63) is 51.6 Å². The van der Waals surface area contributed by atoms with Crippen LogP contribution in [0.4, 0.5) is 4.39 Å². The maximum atomic E-state index is 13.0. The minimum absolute atomic E-state index is 0.424. The summed E-state index contributed by atoms with van der Waals surface area (Å²) in [6, 6.07) is 3.23. The Balaban J connectivity index is 1.77. The number of hydrogen-bond acceptors (Lipinski definition) is 4. The fourth-order valence-electron chi connectivity index (χ4n) is 2.51. The van der Waals surface area contributed by atoms with Gasteiger partial charge in [0.15, 0.2) is 4.77 Å². The topological polar surface area (TPSA) is 44.8 Å². The van der Waals surface area contributed by atoms with Crippen LogP contribution in [0.25, 0.3) is 0 Å². The van der Waals surface area contributed by atoms with Gasteiger partial charge in [0.2, 0.25) is 5.95 Å². The Morgan fingerprint density at radius 1 is 1.45 bits per heavy atom. The molecule has 2 aromatic heterocycles. The number of hydrogen-bond donors (Lipinski definition) is 1. The molecule has 0 amide bonds. The van der Waals surface area contributed by atoms with E-state index in [4.69, 9.17) is 12.2 Å². The van der Waals surface area contributed by atoms with Crippen LogP contribution >= 0.6 is 12.2 Å². The summed E-state index contributed by atoms with van der Waals surface area (Å²) < 4.78 is 13.6. The fourth-order valence-corrected chi connectivity index (χ4v) is 2.68. The smallest absolute Gasteiger partial charge is 0.213 e. The van der Waals surface area contributed by atoms with Gasteiger partial charge >= 0.3 is 0 Å². The molecule has 20 heavy (non-hydrogen) atoms. The Morgan fingerprint density at radius 3 is 3.10 bits per heavy atom. The molecule has 1 aliphatic heterocycles. The van der Waals surface area contributed by atoms with E-state index in [1.54, 1.807) is 0 Å². The van der Waals surface area contributed by atoms with E-state index in [1.807, 2.05) is 19.2 Å². The number of pyridine rings is 1. The summed E-state index contributed by atoms with van der Waals surface area (Å²) in [6.07, 6.45) is 2.77. The number of nitrogens with zero attached hydrogens (tertiary/aromatic N) is 3. The molecule has 2 aromatic rings. The molecular formula is C14H15FN4S. The van der Waals surface area contributed by atoms with Gasteiger partial charge in [0.25, 0.3) is 0 Å². The number of aromatic amines is 1. The lowest BCUT2D eigenvalue weighted by atomic mass is 10.1. The van der Waals surface area contributed by atoms with E-state index in [-0.39, 0.29) is 0 Å². The molecule has 3 rings (SSSR count). The number of nitrogens with one attached hydrogen (secondary N) is 1. The second-order valence-corrected chi connectivity index (χ2v) is 5.42. The highest BCUT2D eigenvalue weighted by Gasteiger charge is 2.17. The summed E-state index contributed by atoms with van der Waals surface area (Å²) in [5.41, 5.74) is 4.17. The first-order valence-corrected chi connectivity index (χ1v) is 6.94. The normalized spacial score (nSPS) is 15.1. The summed E-state index contributed by atoms with van der Waals surface area (Å²) >= 11 is 5.04. The van der Waals surface area contributed by atoms with Crippen LogP contribution in [0.15, 0.2) is 18.3 Å². The van der Waals surface area contributed by atoms with Crippen molar-refractivity contribution in [3.8, 4) is 0 Å². The van der Waals surface area contributed by atoms with E-state index in [0.717, 1.165) is 37.3 Å². The third-order valence-corrected chi connectivity index (χ3v) is 3.82. The number of halogens is 1. The second kappa shape index (κ2) is 5.38. The molecule has 1 aliphatic rings. The molecule has 0 atom stereocenters. The molecule has 4 nitrogen and oxygen atoms in total. The molecule has 0 aromatic carbocycles. The van der Waals surface area contributed by atoms with Crippen LogP contribution in [-0.4, -0.2) is 26.4 Å². The Labute approximate surface area is 121 Å². The zero-order chi connectivity index (χ0) is 14.1. The van der Waals surface area contributed by atoms with Crippen LogP contribution in [-0.2, 0) is 19.5 Å². The Morgan fingerprint density at radius 2 is 2.30 bits per heavy atom. The highest BCUT2D eigenvalue weighted by molar-refractivity contribution is 7.71. The van der Waals surface area contributed by atoms with Gasteiger partial charge in [0.1, 0.15) is 0 Å². The quantitative estimate of drug-likeness (QED) is 0.682. The third kappa shape index (κ3) is 2.76. The summed E-state index contributed by atoms with van der Waals surface area (Å²) in [5, 5.41) is 0. The Hall–Kier alpha value is -1.66. The Kier molecular flexibility index (Phi) is 3.58. The maximum absolute atomic E-state index is 13.0. The number of rotatable bonds is 2. The largest absolute Gasteiger partial charge is 0.334 e. The van der Waals surface area contributed by atoms with Crippen LogP contribution in [0, 0.1) is 17.6 Å². The molecule has 0 spiro atoms. The van der Waals surface area contributed by atoms with Gasteiger partial charge in [-0.3, -0.25) is 4.90 Å². The van der Waals surface area contributed by atoms with E-state index in [9.17, 15) is 4.39 Å². The monoisotopic (exact) mass is 290 g/mol. The number of aryl methyl sites for hydroxylation is 1. The van der Waals surface area contributed by atoms with Crippen molar-refractivity contribution in [1.82, 2.24) is 19.9 Å². The predicted octanol–water partition coefficient (Wildman–Crippen LogP) is 2.54. The second-order valence-electron chi connectivity index (χ2n) is 5.03. The lowest BCUT2D eigenvalue weighted by Crippen LogP contribution is -2.31. The van der Waals surface area contributed by atoms with E-state index < -0.39 is 5.95 Å². The van der Waals surface area contributed by atoms with E-state index in [2.05, 4.69) is 19.9 Å². The summed E-state index contributed by atoms with van der Waals surface area (Å²) in [7, 11) is 0. The Bertz CT molecular complexity index is 698. The average Bonchev–Trinajstić information content (AvgIpc) is 2.42. The number of aromatic nitrogens is 3. The van der Waals surface area contributed by atoms with Crippen LogP contribution in [0.1, 0.15) is 22.5 Å². The van der Waals surface area contributed by atoms with Crippen molar-refractivity contribution in [2.24, 2.45) is 0 Å². The minimum Gasteiger partial charge on any atom is -0.334 e. The van der Waals surface area contributed by atoms with Gasteiger partial charge < -0.3 is 4.98 Å². The van der Waals surface area contributed by atoms with Crippen molar-refractivity contribution in [2.45, 2.75) is 26.4 Å². The third-order valence-electron chi connectivity index (χ3n) is 3.61. The SMILES string of the molecule is Cc1nc(F)ccc1CN1CCc2[nH]c(=S)ncc2C1. The molecule has 1 N–H and O–H groups in total. The average molecular weight is 290 g/mol. The zero-order valence-electron chi connectivity index (χ0n) is 11.2. The van der Waals surface area contributed by atoms with E-state index >= 15 is 0 Å². The summed E-state index contributed by atoms with van der Waals surface area (Å²) in [5.74, 6) is -0.424. The van der Waals surface area contributed by atoms with Gasteiger partial charge in [-0.15, -0.1) is 0 Å². The minimum atomic E-state index is -0.424. The molecular weight excluding hydrogens is 275 g/mol. The first kappa shape index (κ1) is 13.3. The molecule has 3 heterocycles. The van der Waals surface area contributed by atoms with Gasteiger partial charge in [-0.05, 0) is 30.8 Å². The number of H-pyrrole nitrogens is 1. The molecule has 0 aliphatic carbocycles. The van der Waals surface area contributed by atoms with Gasteiger partial charge in [-0.1, -0.05) is 6.07 Å². The van der Waals surface area contributed by atoms with Crippen molar-refractivity contribution in [3.63, 3.8) is 0 Å². The van der Waals surface area contributed by atoms with Crippen LogP contribution in [0.2, 0.25) is 0 Å². The van der Waals surface area contributed by atoms with Crippen molar-refractivity contribution in [1.29, 1.82) is 0 Å². The van der Waals surface area contributed by atoms with Crippen LogP contribution < -0.4 is 0 Å². The van der Waals surface area contributed by atoms with Crippen molar-refractivity contribution in [2.75, 3.05) is 6.54 Å². The lowest BCUT2D eigenvalue weighted by molar-refractivity contribution is 0.241. The molecule has 0 saturated heterocycles. The van der Waals surface area contributed by atoms with Gasteiger partial charge in [-0.2, -0.15) is 4.39 Å². The van der Waals surface area contributed by atoms with Crippen molar-refractivity contribution >= 4 is 12.2 Å². The molecule has 0 radical (unpaired) electrons. The standard InChI is InChI=1S/C14H15FN4S/c1-9-10(2-3-13(15)17-9)7-19-5-4-12-11(8-19)6-16-14(20)18-12/h2-3,6H,4-5,7-8H2,1H3,(H,16,18,20). The van der Waals surface area contributed by atoms with Gasteiger partial charge in [-0.25, -0.2) is 9.97 Å². The van der Waals surface area contributed by atoms with Crippen LogP contribution in [0.3, 0.4) is 0 Å². The summed E-state index contributed by atoms with van der Waals surface area (Å²) in [6.45, 7) is 4.38. The van der Waals surface area contributed by atoms with Gasteiger partial charge in [0.05, 0.1) is 0 Å². The highest BCUT2D eigenvalue weighted by atomic mass is 32.1. The summed E-state index contributed by atoms with van der Waals surface area (Å²) in [4.78, 5) is 13.5. The molecule has 0 unspecified atom stereocenters. The molecule has 6 heteroatoms. The highest BCUT2D eigenvalue weighted by Crippen LogP contribution is 2.19. The first-order valence-electron chi connectivity index (χ1n) is 6.53.